The number of hydrogen-bond donors (Lipinski definition) is 1. The number of ether oxygens (including phenoxy) is 7. The van der Waals surface area contributed by atoms with E-state index in [-0.39, 0.29) is 5.75 Å². The van der Waals surface area contributed by atoms with Gasteiger partial charge >= 0.3 is 0 Å². The van der Waals surface area contributed by atoms with Gasteiger partial charge in [-0.3, -0.25) is 0 Å². The average molecular weight is 687 g/mol. The minimum Gasteiger partial charge on any atom is -0.508 e. The average Bonchev–Trinajstić information content (AvgIpc) is 3.18. The highest BCUT2D eigenvalue weighted by Crippen LogP contribution is 2.37. The van der Waals surface area contributed by atoms with Crippen LogP contribution in [0.2, 0.25) is 0 Å². The Hall–Kier alpha value is -6.82. The Bertz CT molecular complexity index is 2220. The van der Waals surface area contributed by atoms with Crippen LogP contribution in [-0.2, 0) is 6.61 Å². The van der Waals surface area contributed by atoms with Gasteiger partial charge in [0, 0.05) is 12.1 Å². The van der Waals surface area contributed by atoms with Crippen LogP contribution in [0.4, 0.5) is 0 Å². The largest absolute Gasteiger partial charge is 0.508 e. The van der Waals surface area contributed by atoms with E-state index in [9.17, 15) is 5.11 Å². The molecule has 7 rings (SSSR count). The summed E-state index contributed by atoms with van der Waals surface area (Å²) in [5, 5.41) is 10.7. The highest BCUT2D eigenvalue weighted by atomic mass is 16.5. The maximum Gasteiger partial charge on any atom is 0.230 e. The Labute approximate surface area is 293 Å². The molecule has 0 atom stereocenters. The molecule has 258 valence electrons. The van der Waals surface area contributed by atoms with E-state index < -0.39 is 0 Å². The van der Waals surface area contributed by atoms with E-state index in [1.165, 1.54) is 12.7 Å². The first-order chi connectivity index (χ1) is 25.0. The molecule has 2 heterocycles. The quantitative estimate of drug-likeness (QED) is 0.141. The molecule has 0 unspecified atom stereocenters. The molecule has 0 bridgehead atoms. The summed E-state index contributed by atoms with van der Waals surface area (Å²) in [7, 11) is 6.30. The van der Waals surface area contributed by atoms with Crippen LogP contribution in [0.25, 0.3) is 21.8 Å². The van der Waals surface area contributed by atoms with E-state index in [0.29, 0.717) is 69.3 Å². The molecule has 51 heavy (non-hydrogen) atoms. The van der Waals surface area contributed by atoms with Crippen LogP contribution >= 0.6 is 0 Å². The lowest BCUT2D eigenvalue weighted by molar-refractivity contribution is 0.305. The van der Waals surface area contributed by atoms with Gasteiger partial charge in [0.2, 0.25) is 11.8 Å². The van der Waals surface area contributed by atoms with Crippen LogP contribution in [0.15, 0.2) is 116 Å². The maximum atomic E-state index is 9.31. The van der Waals surface area contributed by atoms with Crippen LogP contribution < -0.4 is 33.2 Å². The molecule has 0 saturated carbocycles. The first-order valence-corrected chi connectivity index (χ1v) is 15.6. The molecular weight excluding hydrogens is 652 g/mol. The number of aromatic hydroxyl groups is 1. The van der Waals surface area contributed by atoms with Crippen LogP contribution in [0.5, 0.6) is 57.8 Å². The number of phenols is 1. The van der Waals surface area contributed by atoms with Crippen molar-refractivity contribution in [2.24, 2.45) is 0 Å². The Balaban J connectivity index is 0.000000183. The molecule has 0 aliphatic heterocycles. The number of hydrogen-bond acceptors (Lipinski definition) is 12. The zero-order valence-electron chi connectivity index (χ0n) is 28.3. The Kier molecular flexibility index (Phi) is 10.7. The summed E-state index contributed by atoms with van der Waals surface area (Å²) in [6.45, 7) is 0.513. The molecule has 0 spiro atoms. The van der Waals surface area contributed by atoms with Crippen molar-refractivity contribution in [1.82, 2.24) is 19.9 Å². The molecule has 7 aromatic rings. The van der Waals surface area contributed by atoms with Gasteiger partial charge in [0.1, 0.15) is 42.3 Å². The molecule has 5 aromatic carbocycles. The van der Waals surface area contributed by atoms with E-state index in [2.05, 4.69) is 19.9 Å². The Morgan fingerprint density at radius 1 is 0.490 bits per heavy atom. The first kappa shape index (κ1) is 34.1. The summed E-state index contributed by atoms with van der Waals surface area (Å²) < 4.78 is 38.8. The van der Waals surface area contributed by atoms with Crippen LogP contribution in [0.3, 0.4) is 0 Å². The normalized spacial score (nSPS) is 10.5. The fraction of sp³-hybridized carbons (Fsp3) is 0.128. The topological polar surface area (TPSA) is 136 Å². The number of fused-ring (bicyclic) bond motifs is 2. The fourth-order valence-corrected chi connectivity index (χ4v) is 4.96. The van der Waals surface area contributed by atoms with Crippen LogP contribution in [0, 0.1) is 0 Å². The molecular formula is C39H34N4O8. The van der Waals surface area contributed by atoms with Crippen molar-refractivity contribution >= 4 is 21.8 Å². The fourth-order valence-electron chi connectivity index (χ4n) is 4.96. The van der Waals surface area contributed by atoms with Gasteiger partial charge in [-0.15, -0.1) is 0 Å². The number of nitrogens with zero attached hydrogens (tertiary/aromatic N) is 4. The monoisotopic (exact) mass is 686 g/mol. The van der Waals surface area contributed by atoms with Crippen molar-refractivity contribution in [2.45, 2.75) is 6.61 Å². The van der Waals surface area contributed by atoms with Crippen molar-refractivity contribution in [1.29, 1.82) is 0 Å². The van der Waals surface area contributed by atoms with Crippen LogP contribution in [-0.4, -0.2) is 53.5 Å². The third-order valence-electron chi connectivity index (χ3n) is 7.55. The minimum absolute atomic E-state index is 0.173. The number of aromatic nitrogens is 4. The third kappa shape index (κ3) is 8.26. The second-order valence-electron chi connectivity index (χ2n) is 10.8. The zero-order valence-corrected chi connectivity index (χ0v) is 28.3. The Morgan fingerprint density at radius 3 is 1.39 bits per heavy atom. The molecule has 0 aliphatic carbocycles. The summed E-state index contributed by atoms with van der Waals surface area (Å²) in [6, 6.07) is 31.0. The van der Waals surface area contributed by atoms with Gasteiger partial charge < -0.3 is 38.3 Å². The van der Waals surface area contributed by atoms with E-state index in [1.807, 2.05) is 54.6 Å². The van der Waals surface area contributed by atoms with Gasteiger partial charge in [-0.25, -0.2) is 19.9 Å². The third-order valence-corrected chi connectivity index (χ3v) is 7.55. The lowest BCUT2D eigenvalue weighted by Gasteiger charge is -2.12. The van der Waals surface area contributed by atoms with Crippen molar-refractivity contribution in [2.75, 3.05) is 28.4 Å². The number of phenolic OH excluding ortho intramolecular Hbond substituents is 1. The SMILES string of the molecule is COc1cc2ncnc(Oc3ccc(O)cc3)c2cc1OC.COc1cc2ncnc(Oc3ccc(OCc4ccccc4)cc3)c2cc1OC. The molecule has 2 aromatic heterocycles. The van der Waals surface area contributed by atoms with Crippen molar-refractivity contribution in [3.05, 3.63) is 121 Å². The smallest absolute Gasteiger partial charge is 0.230 e. The van der Waals surface area contributed by atoms with Crippen molar-refractivity contribution in [3.8, 4) is 57.8 Å². The van der Waals surface area contributed by atoms with Crippen molar-refractivity contribution < 1.29 is 38.3 Å². The summed E-state index contributed by atoms with van der Waals surface area (Å²) in [5.74, 6) is 5.33. The first-order valence-electron chi connectivity index (χ1n) is 15.6. The van der Waals surface area contributed by atoms with E-state index in [0.717, 1.165) is 16.7 Å². The maximum absolute atomic E-state index is 9.31. The second kappa shape index (κ2) is 16.1. The Morgan fingerprint density at radius 2 is 0.922 bits per heavy atom. The highest BCUT2D eigenvalue weighted by Gasteiger charge is 2.14. The molecule has 12 nitrogen and oxygen atoms in total. The van der Waals surface area contributed by atoms with Gasteiger partial charge in [0.25, 0.3) is 0 Å². The summed E-state index contributed by atoms with van der Waals surface area (Å²) >= 11 is 0. The van der Waals surface area contributed by atoms with Gasteiger partial charge in [0.05, 0.1) is 50.2 Å². The van der Waals surface area contributed by atoms with E-state index >= 15 is 0 Å². The number of benzene rings is 5. The number of rotatable bonds is 11. The summed E-state index contributed by atoms with van der Waals surface area (Å²) in [5.41, 5.74) is 2.50. The predicted octanol–water partition coefficient (Wildman–Crippen LogP) is 8.16. The summed E-state index contributed by atoms with van der Waals surface area (Å²) in [6.07, 6.45) is 2.88. The highest BCUT2D eigenvalue weighted by molar-refractivity contribution is 5.87. The summed E-state index contributed by atoms with van der Waals surface area (Å²) in [4.78, 5) is 16.9. The molecule has 0 amide bonds. The lowest BCUT2D eigenvalue weighted by Crippen LogP contribution is -1.96. The van der Waals surface area contributed by atoms with Gasteiger partial charge in [-0.1, -0.05) is 30.3 Å². The second-order valence-corrected chi connectivity index (χ2v) is 10.8. The molecule has 12 heteroatoms. The molecule has 0 radical (unpaired) electrons. The zero-order chi connectivity index (χ0) is 35.6. The van der Waals surface area contributed by atoms with Gasteiger partial charge in [-0.05, 0) is 66.2 Å². The lowest BCUT2D eigenvalue weighted by atomic mass is 10.2. The molecule has 1 N–H and O–H groups in total. The number of methoxy groups -OCH3 is 4. The molecule has 0 saturated heterocycles. The van der Waals surface area contributed by atoms with Crippen LogP contribution in [0.1, 0.15) is 5.56 Å². The van der Waals surface area contributed by atoms with Crippen molar-refractivity contribution in [3.63, 3.8) is 0 Å². The molecule has 0 aliphatic rings. The van der Waals surface area contributed by atoms with E-state index in [1.54, 1.807) is 77.0 Å². The van der Waals surface area contributed by atoms with Gasteiger partial charge in [-0.2, -0.15) is 0 Å². The molecule has 0 fully saturated rings. The predicted molar refractivity (Wildman–Crippen MR) is 191 cm³/mol. The van der Waals surface area contributed by atoms with Gasteiger partial charge in [0.15, 0.2) is 23.0 Å². The standard InChI is InChI=1S/C23H20N2O4.C16H14N2O4/c1-26-21-12-19-20(13-22(21)27-2)24-15-25-23(19)29-18-10-8-17(9-11-18)28-14-16-6-4-3-5-7-16;1-20-14-7-12-13(8-15(14)21-2)17-9-18-16(12)22-11-5-3-10(19)4-6-11/h3-13,15H,14H2,1-2H3;3-9,19H,1-2H3. The van der Waals surface area contributed by atoms with E-state index in [4.69, 9.17) is 33.2 Å². The minimum atomic E-state index is 0.173.